The highest BCUT2D eigenvalue weighted by Crippen LogP contribution is 2.39. The Morgan fingerprint density at radius 1 is 1.19 bits per heavy atom. The number of aromatic nitrogens is 2. The molecule has 0 fully saturated rings. The summed E-state index contributed by atoms with van der Waals surface area (Å²) in [5, 5.41) is 4.33. The Morgan fingerprint density at radius 2 is 2.11 bits per heavy atom. The van der Waals surface area contributed by atoms with E-state index in [0.717, 1.165) is 24.2 Å². The zero-order valence-electron chi connectivity index (χ0n) is 15.0. The molecule has 0 unspecified atom stereocenters. The molecular weight excluding hydrogens is 374 g/mol. The van der Waals surface area contributed by atoms with E-state index in [0.29, 0.717) is 12.2 Å². The predicted octanol–water partition coefficient (Wildman–Crippen LogP) is 4.27. The van der Waals surface area contributed by atoms with E-state index in [9.17, 15) is 4.79 Å². The van der Waals surface area contributed by atoms with Crippen molar-refractivity contribution in [2.75, 3.05) is 6.54 Å². The molecule has 0 amide bonds. The number of aryl methyl sites for hydroxylation is 1. The van der Waals surface area contributed by atoms with Crippen LogP contribution in [-0.2, 0) is 13.0 Å². The summed E-state index contributed by atoms with van der Waals surface area (Å²) in [4.78, 5) is 22.6. The third-order valence-electron chi connectivity index (χ3n) is 5.10. The first-order chi connectivity index (χ1) is 13.2. The minimum Gasteiger partial charge on any atom is -0.285 e. The Balaban J connectivity index is 1.54. The monoisotopic (exact) mass is 393 g/mol. The molecule has 0 radical (unpaired) electrons. The van der Waals surface area contributed by atoms with Gasteiger partial charge in [-0.05, 0) is 53.4 Å². The zero-order valence-corrected chi connectivity index (χ0v) is 16.6. The van der Waals surface area contributed by atoms with E-state index in [2.05, 4.69) is 33.9 Å². The molecule has 0 aromatic carbocycles. The lowest BCUT2D eigenvalue weighted by Crippen LogP contribution is -2.35. The van der Waals surface area contributed by atoms with Crippen LogP contribution in [0.4, 0.5) is 0 Å². The lowest BCUT2D eigenvalue weighted by molar-refractivity contribution is 0.206. The first kappa shape index (κ1) is 16.9. The van der Waals surface area contributed by atoms with Crippen molar-refractivity contribution in [1.29, 1.82) is 0 Å². The molecular formula is C21H19N3OS2. The van der Waals surface area contributed by atoms with Crippen molar-refractivity contribution >= 4 is 28.3 Å². The van der Waals surface area contributed by atoms with Crippen LogP contribution >= 0.6 is 22.7 Å². The highest BCUT2D eigenvalue weighted by atomic mass is 32.1. The summed E-state index contributed by atoms with van der Waals surface area (Å²) in [6.45, 7) is 3.64. The fourth-order valence-electron chi connectivity index (χ4n) is 3.87. The smallest absolute Gasteiger partial charge is 0.258 e. The summed E-state index contributed by atoms with van der Waals surface area (Å²) in [5.74, 6) is 0. The van der Waals surface area contributed by atoms with Crippen LogP contribution in [0.5, 0.6) is 0 Å². The Morgan fingerprint density at radius 3 is 2.96 bits per heavy atom. The normalized spacial score (nSPS) is 17.3. The van der Waals surface area contributed by atoms with Crippen LogP contribution in [0.1, 0.15) is 32.6 Å². The van der Waals surface area contributed by atoms with Gasteiger partial charge in [-0.2, -0.15) is 0 Å². The lowest BCUT2D eigenvalue weighted by Gasteiger charge is -2.35. The molecule has 0 aliphatic carbocycles. The van der Waals surface area contributed by atoms with Gasteiger partial charge in [0.05, 0.1) is 11.7 Å². The van der Waals surface area contributed by atoms with E-state index in [1.807, 2.05) is 36.6 Å². The Labute approximate surface area is 165 Å². The quantitative estimate of drug-likeness (QED) is 0.522. The number of nitrogens with zero attached hydrogens (tertiary/aromatic N) is 3. The number of rotatable bonds is 3. The van der Waals surface area contributed by atoms with Gasteiger partial charge in [-0.25, -0.2) is 4.98 Å². The van der Waals surface area contributed by atoms with Gasteiger partial charge in [0.25, 0.3) is 5.56 Å². The molecule has 136 valence electrons. The van der Waals surface area contributed by atoms with Crippen LogP contribution in [0, 0.1) is 6.92 Å². The van der Waals surface area contributed by atoms with Crippen molar-refractivity contribution in [3.05, 3.63) is 90.3 Å². The molecule has 0 saturated heterocycles. The molecule has 1 atom stereocenters. The Hall–Kier alpha value is -2.28. The molecule has 6 heteroatoms. The number of hydrogen-bond acceptors (Lipinski definition) is 5. The molecule has 4 aromatic rings. The van der Waals surface area contributed by atoms with E-state index in [1.54, 1.807) is 21.8 Å². The topological polar surface area (TPSA) is 37.6 Å². The van der Waals surface area contributed by atoms with E-state index in [4.69, 9.17) is 4.98 Å². The second-order valence-corrected chi connectivity index (χ2v) is 8.94. The average Bonchev–Trinajstić information content (AvgIpc) is 3.34. The number of hydrogen-bond donors (Lipinski definition) is 0. The van der Waals surface area contributed by atoms with Gasteiger partial charge in [-0.15, -0.1) is 22.7 Å². The van der Waals surface area contributed by atoms with Gasteiger partial charge < -0.3 is 0 Å². The first-order valence-corrected chi connectivity index (χ1v) is 10.8. The van der Waals surface area contributed by atoms with Crippen molar-refractivity contribution in [2.45, 2.75) is 25.9 Å². The summed E-state index contributed by atoms with van der Waals surface area (Å²) in [5.41, 5.74) is 3.99. The fourth-order valence-corrected chi connectivity index (χ4v) is 5.65. The highest BCUT2D eigenvalue weighted by Gasteiger charge is 2.30. The van der Waals surface area contributed by atoms with Gasteiger partial charge in [0.2, 0.25) is 0 Å². The van der Waals surface area contributed by atoms with Crippen LogP contribution in [0.25, 0.3) is 5.65 Å². The molecule has 4 aromatic heterocycles. The van der Waals surface area contributed by atoms with E-state index >= 15 is 0 Å². The molecule has 1 aliphatic heterocycles. The fraction of sp³-hybridized carbons (Fsp3) is 0.238. The summed E-state index contributed by atoms with van der Waals surface area (Å²) in [6.07, 6.45) is 2.90. The van der Waals surface area contributed by atoms with Crippen LogP contribution in [0.3, 0.4) is 0 Å². The van der Waals surface area contributed by atoms with Crippen LogP contribution in [0.2, 0.25) is 0 Å². The SMILES string of the molecule is Cc1ccc2nc(CN3CCc4sccc4[C@@H]3c3cccs3)cc(=O)n2c1. The summed E-state index contributed by atoms with van der Waals surface area (Å²) in [7, 11) is 0. The predicted molar refractivity (Wildman–Crippen MR) is 111 cm³/mol. The summed E-state index contributed by atoms with van der Waals surface area (Å²) < 4.78 is 1.63. The number of pyridine rings is 1. The van der Waals surface area contributed by atoms with Crippen LogP contribution in [0.15, 0.2) is 58.1 Å². The molecule has 0 saturated carbocycles. The van der Waals surface area contributed by atoms with E-state index < -0.39 is 0 Å². The van der Waals surface area contributed by atoms with E-state index in [1.165, 1.54) is 15.3 Å². The molecule has 1 aliphatic rings. The molecule has 0 N–H and O–H groups in total. The Bertz CT molecular complexity index is 1160. The maximum Gasteiger partial charge on any atom is 0.258 e. The van der Waals surface area contributed by atoms with Crippen LogP contribution in [-0.4, -0.2) is 20.8 Å². The Kier molecular flexibility index (Phi) is 4.19. The van der Waals surface area contributed by atoms with Crippen molar-refractivity contribution in [3.8, 4) is 0 Å². The molecule has 27 heavy (non-hydrogen) atoms. The summed E-state index contributed by atoms with van der Waals surface area (Å²) >= 11 is 3.64. The largest absolute Gasteiger partial charge is 0.285 e. The second-order valence-electron chi connectivity index (χ2n) is 6.96. The molecule has 5 rings (SSSR count). The first-order valence-electron chi connectivity index (χ1n) is 9.02. The van der Waals surface area contributed by atoms with Crippen LogP contribution < -0.4 is 5.56 Å². The van der Waals surface area contributed by atoms with Crippen molar-refractivity contribution in [3.63, 3.8) is 0 Å². The molecule has 0 bridgehead atoms. The molecule has 4 nitrogen and oxygen atoms in total. The zero-order chi connectivity index (χ0) is 18.4. The highest BCUT2D eigenvalue weighted by molar-refractivity contribution is 7.10. The standard InChI is InChI=1S/C21H19N3OS2/c1-14-4-5-19-22-15(11-20(25)24(19)12-14)13-23-8-6-17-16(7-10-27-17)21(23)18-3-2-9-26-18/h2-5,7,9-12,21H,6,8,13H2,1H3/t21-/m1/s1. The minimum atomic E-state index is -0.0143. The van der Waals surface area contributed by atoms with E-state index in [-0.39, 0.29) is 11.6 Å². The summed E-state index contributed by atoms with van der Waals surface area (Å²) in [6, 6.07) is 12.4. The van der Waals surface area contributed by atoms with Gasteiger partial charge in [-0.3, -0.25) is 14.1 Å². The lowest BCUT2D eigenvalue weighted by atomic mass is 9.98. The van der Waals surface area contributed by atoms with Gasteiger partial charge >= 0.3 is 0 Å². The van der Waals surface area contributed by atoms with Gasteiger partial charge in [0.15, 0.2) is 0 Å². The third-order valence-corrected chi connectivity index (χ3v) is 7.03. The van der Waals surface area contributed by atoms with Gasteiger partial charge in [0, 0.05) is 35.1 Å². The number of fused-ring (bicyclic) bond motifs is 2. The number of thiophene rings is 2. The maximum atomic E-state index is 12.6. The second kappa shape index (κ2) is 6.71. The minimum absolute atomic E-state index is 0.0143. The molecule has 0 spiro atoms. The van der Waals surface area contributed by atoms with Crippen molar-refractivity contribution < 1.29 is 0 Å². The van der Waals surface area contributed by atoms with Gasteiger partial charge in [-0.1, -0.05) is 12.1 Å². The third kappa shape index (κ3) is 3.04. The average molecular weight is 394 g/mol. The maximum absolute atomic E-state index is 12.6. The van der Waals surface area contributed by atoms with Gasteiger partial charge in [0.1, 0.15) is 5.65 Å². The van der Waals surface area contributed by atoms with Crippen molar-refractivity contribution in [2.24, 2.45) is 0 Å². The van der Waals surface area contributed by atoms with Crippen molar-refractivity contribution in [1.82, 2.24) is 14.3 Å². The molecule has 5 heterocycles.